The van der Waals surface area contributed by atoms with Gasteiger partial charge in [0.05, 0.1) is 0 Å². The molecule has 0 saturated heterocycles. The van der Waals surface area contributed by atoms with Crippen molar-refractivity contribution in [3.05, 3.63) is 54.6 Å². The number of hydrogen-bond acceptors (Lipinski definition) is 4. The lowest BCUT2D eigenvalue weighted by Gasteiger charge is -2.16. The van der Waals surface area contributed by atoms with E-state index < -0.39 is 0 Å². The summed E-state index contributed by atoms with van der Waals surface area (Å²) in [6.07, 6.45) is 0.493. The summed E-state index contributed by atoms with van der Waals surface area (Å²) in [5.74, 6) is 1.95. The van der Waals surface area contributed by atoms with Gasteiger partial charge in [-0.05, 0) is 42.8 Å². The van der Waals surface area contributed by atoms with Gasteiger partial charge in [-0.3, -0.25) is 4.79 Å². The number of esters is 1. The van der Waals surface area contributed by atoms with Crippen LogP contribution in [0.2, 0.25) is 0 Å². The Labute approximate surface area is 130 Å². The maximum atomic E-state index is 10.9. The van der Waals surface area contributed by atoms with Crippen LogP contribution in [0, 0.1) is 0 Å². The molecule has 0 saturated carbocycles. The molecule has 2 rings (SSSR count). The van der Waals surface area contributed by atoms with Crippen LogP contribution in [0.25, 0.3) is 0 Å². The van der Waals surface area contributed by atoms with E-state index in [1.165, 1.54) is 6.92 Å². The number of carbonyl (C=O) groups excluding carboxylic acids is 1. The Morgan fingerprint density at radius 2 is 1.55 bits per heavy atom. The molecule has 0 aliphatic rings. The summed E-state index contributed by atoms with van der Waals surface area (Å²) in [6, 6.07) is 16.9. The topological polar surface area (TPSA) is 44.8 Å². The molecule has 0 radical (unpaired) electrons. The van der Waals surface area contributed by atoms with E-state index >= 15 is 0 Å². The van der Waals surface area contributed by atoms with Crippen molar-refractivity contribution in [3.8, 4) is 17.2 Å². The maximum absolute atomic E-state index is 10.9. The molecule has 0 fully saturated rings. The predicted molar refractivity (Wildman–Crippen MR) is 84.3 cm³/mol. The number of rotatable bonds is 7. The van der Waals surface area contributed by atoms with E-state index in [1.807, 2.05) is 61.5 Å². The average Bonchev–Trinajstić information content (AvgIpc) is 2.53. The number of hydrogen-bond donors (Lipinski definition) is 0. The molecule has 0 spiro atoms. The largest absolute Gasteiger partial charge is 0.490 e. The van der Waals surface area contributed by atoms with E-state index in [9.17, 15) is 4.79 Å². The zero-order valence-electron chi connectivity index (χ0n) is 12.8. The Hall–Kier alpha value is -2.49. The molecule has 0 unspecified atom stereocenters. The second-order valence-corrected chi connectivity index (χ2v) is 4.84. The predicted octanol–water partition coefficient (Wildman–Crippen LogP) is 4.20. The molecule has 116 valence electrons. The van der Waals surface area contributed by atoms with E-state index in [0.29, 0.717) is 12.4 Å². The van der Waals surface area contributed by atoms with Gasteiger partial charge in [0, 0.05) is 6.92 Å². The van der Waals surface area contributed by atoms with Gasteiger partial charge in [0.1, 0.15) is 30.0 Å². The quantitative estimate of drug-likeness (QED) is 0.719. The first-order chi connectivity index (χ1) is 10.7. The number of para-hydroxylation sites is 1. The molecule has 2 aromatic rings. The highest BCUT2D eigenvalue weighted by atomic mass is 16.6. The molecule has 0 aliphatic heterocycles. The van der Waals surface area contributed by atoms with Gasteiger partial charge in [-0.25, -0.2) is 0 Å². The summed E-state index contributed by atoms with van der Waals surface area (Å²) in [5, 5.41) is 0. The van der Waals surface area contributed by atoms with Crippen molar-refractivity contribution < 1.29 is 19.0 Å². The van der Waals surface area contributed by atoms with E-state index in [1.54, 1.807) is 0 Å². The van der Waals surface area contributed by atoms with Gasteiger partial charge in [0.25, 0.3) is 0 Å². The highest BCUT2D eigenvalue weighted by Gasteiger charge is 2.10. The van der Waals surface area contributed by atoms with Gasteiger partial charge in [0.15, 0.2) is 0 Å². The molecule has 0 heterocycles. The van der Waals surface area contributed by atoms with Gasteiger partial charge in [-0.15, -0.1) is 0 Å². The number of ether oxygens (including phenoxy) is 3. The van der Waals surface area contributed by atoms with E-state index in [4.69, 9.17) is 14.2 Å². The first kappa shape index (κ1) is 15.9. The van der Waals surface area contributed by atoms with Crippen molar-refractivity contribution in [2.24, 2.45) is 0 Å². The first-order valence-corrected chi connectivity index (χ1v) is 7.30. The van der Waals surface area contributed by atoms with Crippen LogP contribution in [-0.2, 0) is 9.53 Å². The zero-order valence-corrected chi connectivity index (χ0v) is 12.8. The molecule has 22 heavy (non-hydrogen) atoms. The minimum Gasteiger partial charge on any atom is -0.490 e. The average molecular weight is 300 g/mol. The summed E-state index contributed by atoms with van der Waals surface area (Å²) in [4.78, 5) is 10.9. The third kappa shape index (κ3) is 5.13. The van der Waals surface area contributed by atoms with Crippen LogP contribution >= 0.6 is 0 Å². The summed E-state index contributed by atoms with van der Waals surface area (Å²) < 4.78 is 16.5. The van der Waals surface area contributed by atoms with Crippen molar-refractivity contribution in [2.75, 3.05) is 6.61 Å². The van der Waals surface area contributed by atoms with Gasteiger partial charge in [-0.1, -0.05) is 25.1 Å². The zero-order chi connectivity index (χ0) is 15.8. The lowest BCUT2D eigenvalue weighted by molar-refractivity contribution is -0.147. The van der Waals surface area contributed by atoms with Crippen LogP contribution < -0.4 is 9.47 Å². The molecule has 2 aromatic carbocycles. The van der Waals surface area contributed by atoms with E-state index in [2.05, 4.69) is 0 Å². The Kier molecular flexibility index (Phi) is 5.83. The normalized spacial score (nSPS) is 11.5. The van der Waals surface area contributed by atoms with E-state index in [-0.39, 0.29) is 12.1 Å². The first-order valence-electron chi connectivity index (χ1n) is 7.30. The fourth-order valence-corrected chi connectivity index (χ4v) is 1.89. The molecular weight excluding hydrogens is 280 g/mol. The van der Waals surface area contributed by atoms with Crippen LogP contribution in [-0.4, -0.2) is 18.7 Å². The van der Waals surface area contributed by atoms with Crippen molar-refractivity contribution in [1.82, 2.24) is 0 Å². The molecule has 0 aromatic heterocycles. The highest BCUT2D eigenvalue weighted by molar-refractivity contribution is 5.66. The molecule has 0 bridgehead atoms. The Morgan fingerprint density at radius 1 is 0.955 bits per heavy atom. The standard InChI is InChI=1S/C18H20O4/c1-3-15(21-14(2)19)13-20-16-9-11-18(12-10-16)22-17-7-5-4-6-8-17/h4-12,15H,3,13H2,1-2H3/t15-/m0/s1. The van der Waals surface area contributed by atoms with Gasteiger partial charge in [-0.2, -0.15) is 0 Å². The minimum atomic E-state index is -0.290. The third-order valence-corrected chi connectivity index (χ3v) is 3.03. The van der Waals surface area contributed by atoms with Crippen LogP contribution in [0.5, 0.6) is 17.2 Å². The maximum Gasteiger partial charge on any atom is 0.303 e. The summed E-state index contributed by atoms with van der Waals surface area (Å²) in [7, 11) is 0. The highest BCUT2D eigenvalue weighted by Crippen LogP contribution is 2.23. The van der Waals surface area contributed by atoms with Crippen molar-refractivity contribution in [1.29, 1.82) is 0 Å². The molecule has 4 nitrogen and oxygen atoms in total. The SMILES string of the molecule is CC[C@@H](COc1ccc(Oc2ccccc2)cc1)OC(C)=O. The van der Waals surface area contributed by atoms with Crippen molar-refractivity contribution in [2.45, 2.75) is 26.4 Å². The van der Waals surface area contributed by atoms with Crippen molar-refractivity contribution in [3.63, 3.8) is 0 Å². The fraction of sp³-hybridized carbons (Fsp3) is 0.278. The summed E-state index contributed by atoms with van der Waals surface area (Å²) in [6.45, 7) is 3.70. The lowest BCUT2D eigenvalue weighted by atomic mass is 10.3. The fourth-order valence-electron chi connectivity index (χ4n) is 1.89. The molecule has 1 atom stereocenters. The van der Waals surface area contributed by atoms with Crippen LogP contribution in [0.3, 0.4) is 0 Å². The smallest absolute Gasteiger partial charge is 0.303 e. The molecule has 0 N–H and O–H groups in total. The summed E-state index contributed by atoms with van der Waals surface area (Å²) >= 11 is 0. The molecular formula is C18H20O4. The van der Waals surface area contributed by atoms with Gasteiger partial charge >= 0.3 is 5.97 Å². The molecule has 4 heteroatoms. The lowest BCUT2D eigenvalue weighted by Crippen LogP contribution is -2.23. The van der Waals surface area contributed by atoms with E-state index in [0.717, 1.165) is 17.9 Å². The third-order valence-electron chi connectivity index (χ3n) is 3.03. The van der Waals surface area contributed by atoms with Gasteiger partial charge in [0.2, 0.25) is 0 Å². The molecule has 0 aliphatic carbocycles. The Balaban J connectivity index is 1.87. The van der Waals surface area contributed by atoms with Crippen molar-refractivity contribution >= 4 is 5.97 Å². The second kappa shape index (κ2) is 8.08. The van der Waals surface area contributed by atoms with Crippen LogP contribution in [0.1, 0.15) is 20.3 Å². The van der Waals surface area contributed by atoms with Crippen LogP contribution in [0.4, 0.5) is 0 Å². The number of carbonyl (C=O) groups is 1. The monoisotopic (exact) mass is 300 g/mol. The number of benzene rings is 2. The molecule has 0 amide bonds. The Bertz CT molecular complexity index is 578. The second-order valence-electron chi connectivity index (χ2n) is 4.84. The van der Waals surface area contributed by atoms with Crippen LogP contribution in [0.15, 0.2) is 54.6 Å². The Morgan fingerprint density at radius 3 is 2.14 bits per heavy atom. The van der Waals surface area contributed by atoms with Gasteiger partial charge < -0.3 is 14.2 Å². The summed E-state index contributed by atoms with van der Waals surface area (Å²) in [5.41, 5.74) is 0. The minimum absolute atomic E-state index is 0.224.